The number of fused-ring (bicyclic) bond motifs is 1. The van der Waals surface area contributed by atoms with Crippen molar-refractivity contribution in [1.82, 2.24) is 4.57 Å². The first-order chi connectivity index (χ1) is 7.72. The van der Waals surface area contributed by atoms with Crippen molar-refractivity contribution in [2.75, 3.05) is 0 Å². The number of amides is 1. The third kappa shape index (κ3) is 1.92. The molecule has 0 aliphatic heterocycles. The van der Waals surface area contributed by atoms with Gasteiger partial charge in [0.25, 0.3) is 0 Å². The Hall–Kier alpha value is -1.81. The molecule has 0 aliphatic carbocycles. The second-order valence-corrected chi connectivity index (χ2v) is 3.78. The van der Waals surface area contributed by atoms with E-state index in [2.05, 4.69) is 0 Å². The summed E-state index contributed by atoms with van der Waals surface area (Å²) in [4.78, 5) is 10.8. The highest BCUT2D eigenvalue weighted by molar-refractivity contribution is 5.83. The third-order valence-electron chi connectivity index (χ3n) is 2.69. The van der Waals surface area contributed by atoms with Gasteiger partial charge in [-0.2, -0.15) is 0 Å². The van der Waals surface area contributed by atoms with Crippen molar-refractivity contribution in [2.24, 2.45) is 11.5 Å². The molecule has 0 aliphatic rings. The number of carbonyl (C=O) groups is 1. The van der Waals surface area contributed by atoms with Crippen molar-refractivity contribution >= 4 is 16.8 Å². The van der Waals surface area contributed by atoms with Crippen LogP contribution in [0.25, 0.3) is 10.9 Å². The lowest BCUT2D eigenvalue weighted by Crippen LogP contribution is -2.14. The molecule has 0 atom stereocenters. The molecule has 1 aromatic carbocycles. The Balaban J connectivity index is 2.41. The number of aryl methyl sites for hydroxylation is 1. The van der Waals surface area contributed by atoms with Gasteiger partial charge in [-0.25, -0.2) is 0 Å². The summed E-state index contributed by atoms with van der Waals surface area (Å²) >= 11 is 0. The van der Waals surface area contributed by atoms with Crippen LogP contribution in [0.3, 0.4) is 0 Å². The highest BCUT2D eigenvalue weighted by atomic mass is 16.1. The molecule has 0 radical (unpaired) electrons. The van der Waals surface area contributed by atoms with Gasteiger partial charge in [-0.15, -0.1) is 0 Å². The van der Waals surface area contributed by atoms with Crippen LogP contribution in [-0.2, 0) is 17.9 Å². The summed E-state index contributed by atoms with van der Waals surface area (Å²) in [6, 6.07) is 8.05. The Morgan fingerprint density at radius 3 is 2.81 bits per heavy atom. The van der Waals surface area contributed by atoms with E-state index >= 15 is 0 Å². The van der Waals surface area contributed by atoms with Crippen LogP contribution in [0, 0.1) is 0 Å². The van der Waals surface area contributed by atoms with E-state index in [0.29, 0.717) is 19.5 Å². The molecular weight excluding hydrogens is 202 g/mol. The molecule has 2 aromatic rings. The van der Waals surface area contributed by atoms with E-state index in [1.54, 1.807) is 0 Å². The summed E-state index contributed by atoms with van der Waals surface area (Å²) in [6.07, 6.45) is 2.31. The van der Waals surface area contributed by atoms with Crippen LogP contribution in [0.1, 0.15) is 12.0 Å². The average molecular weight is 217 g/mol. The highest BCUT2D eigenvalue weighted by Gasteiger charge is 2.05. The lowest BCUT2D eigenvalue weighted by Gasteiger charge is -2.07. The van der Waals surface area contributed by atoms with Crippen molar-refractivity contribution in [3.05, 3.63) is 36.0 Å². The number of benzene rings is 1. The SMILES string of the molecule is NCc1cccc2ccn(CCC(N)=O)c12. The first-order valence-electron chi connectivity index (χ1n) is 5.27. The molecule has 4 heteroatoms. The topological polar surface area (TPSA) is 74.0 Å². The zero-order valence-electron chi connectivity index (χ0n) is 9.02. The fourth-order valence-corrected chi connectivity index (χ4v) is 1.92. The number of carbonyl (C=O) groups excluding carboxylic acids is 1. The molecule has 4 N–H and O–H groups in total. The number of aromatic nitrogens is 1. The van der Waals surface area contributed by atoms with E-state index in [0.717, 1.165) is 16.5 Å². The van der Waals surface area contributed by atoms with Crippen molar-refractivity contribution < 1.29 is 4.79 Å². The standard InChI is InChI=1S/C12H15N3O/c13-8-10-3-1-2-9-4-6-15(12(9)10)7-5-11(14)16/h1-4,6H,5,7-8,13H2,(H2,14,16). The van der Waals surface area contributed by atoms with Gasteiger partial charge in [0.1, 0.15) is 0 Å². The molecule has 4 nitrogen and oxygen atoms in total. The Morgan fingerprint density at radius 1 is 1.31 bits per heavy atom. The van der Waals surface area contributed by atoms with Crippen LogP contribution >= 0.6 is 0 Å². The molecular formula is C12H15N3O. The number of primary amides is 1. The minimum atomic E-state index is -0.285. The van der Waals surface area contributed by atoms with Gasteiger partial charge in [0.15, 0.2) is 0 Å². The van der Waals surface area contributed by atoms with Gasteiger partial charge < -0.3 is 16.0 Å². The van der Waals surface area contributed by atoms with E-state index in [9.17, 15) is 4.79 Å². The van der Waals surface area contributed by atoms with Crippen LogP contribution in [0.4, 0.5) is 0 Å². The van der Waals surface area contributed by atoms with Crippen LogP contribution in [0.2, 0.25) is 0 Å². The minimum absolute atomic E-state index is 0.285. The summed E-state index contributed by atoms with van der Waals surface area (Å²) in [5.41, 5.74) is 13.0. The van der Waals surface area contributed by atoms with Crippen LogP contribution in [0.5, 0.6) is 0 Å². The molecule has 0 spiro atoms. The molecule has 0 fully saturated rings. The number of hydrogen-bond acceptors (Lipinski definition) is 2. The van der Waals surface area contributed by atoms with Gasteiger partial charge in [-0.3, -0.25) is 4.79 Å². The second kappa shape index (κ2) is 4.37. The number of nitrogens with zero attached hydrogens (tertiary/aromatic N) is 1. The molecule has 16 heavy (non-hydrogen) atoms. The predicted molar refractivity (Wildman–Crippen MR) is 63.6 cm³/mol. The lowest BCUT2D eigenvalue weighted by molar-refractivity contribution is -0.118. The van der Waals surface area contributed by atoms with Crippen LogP contribution in [-0.4, -0.2) is 10.5 Å². The Morgan fingerprint density at radius 2 is 2.12 bits per heavy atom. The molecule has 0 bridgehead atoms. The summed E-state index contributed by atoms with van der Waals surface area (Å²) in [5.74, 6) is -0.285. The van der Waals surface area contributed by atoms with Gasteiger partial charge in [0.05, 0.1) is 5.52 Å². The Bertz CT molecular complexity index is 516. The number of nitrogens with two attached hydrogens (primary N) is 2. The molecule has 84 valence electrons. The van der Waals surface area contributed by atoms with Crippen molar-refractivity contribution in [3.63, 3.8) is 0 Å². The molecule has 0 saturated carbocycles. The normalized spacial score (nSPS) is 10.8. The Kier molecular flexibility index (Phi) is 2.92. The molecule has 1 aromatic heterocycles. The maximum Gasteiger partial charge on any atom is 0.219 e. The maximum absolute atomic E-state index is 10.8. The molecule has 1 amide bonds. The Labute approximate surface area is 93.8 Å². The monoisotopic (exact) mass is 217 g/mol. The minimum Gasteiger partial charge on any atom is -0.370 e. The summed E-state index contributed by atoms with van der Waals surface area (Å²) in [6.45, 7) is 1.10. The second-order valence-electron chi connectivity index (χ2n) is 3.78. The number of rotatable bonds is 4. The highest BCUT2D eigenvalue weighted by Crippen LogP contribution is 2.20. The van der Waals surface area contributed by atoms with E-state index in [4.69, 9.17) is 11.5 Å². The maximum atomic E-state index is 10.8. The van der Waals surface area contributed by atoms with Crippen molar-refractivity contribution in [2.45, 2.75) is 19.5 Å². The van der Waals surface area contributed by atoms with Crippen LogP contribution < -0.4 is 11.5 Å². The first-order valence-corrected chi connectivity index (χ1v) is 5.27. The predicted octanol–water partition coefficient (Wildman–Crippen LogP) is 0.975. The quantitative estimate of drug-likeness (QED) is 0.801. The molecule has 0 saturated heterocycles. The smallest absolute Gasteiger partial charge is 0.219 e. The van der Waals surface area contributed by atoms with Gasteiger partial charge in [0, 0.05) is 25.7 Å². The zero-order chi connectivity index (χ0) is 11.5. The number of para-hydroxylation sites is 1. The molecule has 1 heterocycles. The summed E-state index contributed by atoms with van der Waals surface area (Å²) < 4.78 is 2.03. The van der Waals surface area contributed by atoms with Gasteiger partial charge in [-0.1, -0.05) is 18.2 Å². The van der Waals surface area contributed by atoms with E-state index < -0.39 is 0 Å². The van der Waals surface area contributed by atoms with E-state index in [1.807, 2.05) is 35.0 Å². The molecule has 2 rings (SSSR count). The molecule has 0 unspecified atom stereocenters. The number of hydrogen-bond donors (Lipinski definition) is 2. The largest absolute Gasteiger partial charge is 0.370 e. The van der Waals surface area contributed by atoms with Gasteiger partial charge >= 0.3 is 0 Å². The van der Waals surface area contributed by atoms with Crippen molar-refractivity contribution in [1.29, 1.82) is 0 Å². The first kappa shape index (κ1) is 10.7. The van der Waals surface area contributed by atoms with Crippen LogP contribution in [0.15, 0.2) is 30.5 Å². The summed E-state index contributed by atoms with van der Waals surface area (Å²) in [5, 5.41) is 1.15. The lowest BCUT2D eigenvalue weighted by atomic mass is 10.1. The summed E-state index contributed by atoms with van der Waals surface area (Å²) in [7, 11) is 0. The fraction of sp³-hybridized carbons (Fsp3) is 0.250. The van der Waals surface area contributed by atoms with Crippen molar-refractivity contribution in [3.8, 4) is 0 Å². The van der Waals surface area contributed by atoms with E-state index in [-0.39, 0.29) is 5.91 Å². The third-order valence-corrected chi connectivity index (χ3v) is 2.69. The van der Waals surface area contributed by atoms with E-state index in [1.165, 1.54) is 0 Å². The van der Waals surface area contributed by atoms with Gasteiger partial charge in [0.2, 0.25) is 5.91 Å². The average Bonchev–Trinajstić information content (AvgIpc) is 2.69. The zero-order valence-corrected chi connectivity index (χ0v) is 9.02. The fourth-order valence-electron chi connectivity index (χ4n) is 1.92. The van der Waals surface area contributed by atoms with Gasteiger partial charge in [-0.05, 0) is 17.0 Å².